The molecule has 0 saturated carbocycles. The van der Waals surface area contributed by atoms with Gasteiger partial charge < -0.3 is 9.64 Å². The molecule has 0 unspecified atom stereocenters. The van der Waals surface area contributed by atoms with Crippen LogP contribution in [0.2, 0.25) is 5.02 Å². The Morgan fingerprint density at radius 1 is 1.03 bits per heavy atom. The molecule has 0 spiro atoms. The number of benzene rings is 2. The highest BCUT2D eigenvalue weighted by atomic mass is 35.5. The molecule has 2 heterocycles. The van der Waals surface area contributed by atoms with Gasteiger partial charge in [0.2, 0.25) is 10.0 Å². The van der Waals surface area contributed by atoms with Gasteiger partial charge in [-0.05, 0) is 60.4 Å². The molecular weight excluding hydrogens is 424 g/mol. The van der Waals surface area contributed by atoms with Crippen LogP contribution in [0.5, 0.6) is 0 Å². The van der Waals surface area contributed by atoms with Gasteiger partial charge >= 0.3 is 0 Å². The van der Waals surface area contributed by atoms with Crippen molar-refractivity contribution in [3.8, 4) is 0 Å². The summed E-state index contributed by atoms with van der Waals surface area (Å²) < 4.78 is 32.0. The van der Waals surface area contributed by atoms with E-state index in [1.165, 1.54) is 10.4 Å². The number of carbonyl (C=O) groups is 1. The van der Waals surface area contributed by atoms with E-state index in [9.17, 15) is 13.2 Å². The molecule has 1 saturated heterocycles. The summed E-state index contributed by atoms with van der Waals surface area (Å²) in [5, 5.41) is 0.672. The monoisotopic (exact) mass is 446 g/mol. The number of nitrogens with zero attached hydrogens (tertiary/aromatic N) is 2. The Labute approximate surface area is 181 Å². The lowest BCUT2D eigenvalue weighted by molar-refractivity contribution is -0.114. The topological polar surface area (TPSA) is 66.9 Å². The number of hydrogen-bond donors (Lipinski definition) is 0. The Hall–Kier alpha value is -2.19. The number of carbonyl (C=O) groups excluding carboxylic acids is 1. The first-order valence-corrected chi connectivity index (χ1v) is 11.7. The van der Waals surface area contributed by atoms with Gasteiger partial charge in [0.15, 0.2) is 0 Å². The van der Waals surface area contributed by atoms with Gasteiger partial charge in [0.05, 0.1) is 18.1 Å². The van der Waals surface area contributed by atoms with E-state index in [0.29, 0.717) is 37.9 Å². The fourth-order valence-electron chi connectivity index (χ4n) is 3.74. The SMILES string of the molecule is O=C(/C=C/c1ccc(S(=O)(=O)N2CCOCC2)cc1)N1CCCc2cc(Cl)ccc21. The molecule has 0 atom stereocenters. The van der Waals surface area contributed by atoms with Gasteiger partial charge in [0, 0.05) is 36.4 Å². The number of aryl methyl sites for hydroxylation is 1. The maximum Gasteiger partial charge on any atom is 0.250 e. The number of halogens is 1. The highest BCUT2D eigenvalue weighted by Gasteiger charge is 2.26. The van der Waals surface area contributed by atoms with Crippen molar-refractivity contribution in [2.75, 3.05) is 37.7 Å². The minimum Gasteiger partial charge on any atom is -0.379 e. The predicted octanol–water partition coefficient (Wildman–Crippen LogP) is 3.35. The van der Waals surface area contributed by atoms with E-state index in [2.05, 4.69) is 0 Å². The molecule has 8 heteroatoms. The number of anilines is 1. The van der Waals surface area contributed by atoms with E-state index in [1.54, 1.807) is 41.3 Å². The lowest BCUT2D eigenvalue weighted by atomic mass is 10.0. The van der Waals surface area contributed by atoms with Crippen LogP contribution in [-0.2, 0) is 26.0 Å². The minimum atomic E-state index is -3.52. The molecule has 0 aromatic heterocycles. The van der Waals surface area contributed by atoms with Gasteiger partial charge in [-0.25, -0.2) is 8.42 Å². The molecule has 1 amide bonds. The zero-order valence-electron chi connectivity index (χ0n) is 16.5. The summed E-state index contributed by atoms with van der Waals surface area (Å²) in [6, 6.07) is 12.2. The van der Waals surface area contributed by atoms with Crippen LogP contribution in [0.1, 0.15) is 17.5 Å². The smallest absolute Gasteiger partial charge is 0.250 e. The summed E-state index contributed by atoms with van der Waals surface area (Å²) in [6.07, 6.45) is 5.02. The lowest BCUT2D eigenvalue weighted by Gasteiger charge is -2.28. The molecule has 1 fully saturated rings. The van der Waals surface area contributed by atoms with Crippen molar-refractivity contribution in [2.45, 2.75) is 17.7 Å². The van der Waals surface area contributed by atoms with Crippen molar-refractivity contribution in [2.24, 2.45) is 0 Å². The first-order valence-electron chi connectivity index (χ1n) is 9.91. The van der Waals surface area contributed by atoms with Gasteiger partial charge in [-0.1, -0.05) is 23.7 Å². The second-order valence-corrected chi connectivity index (χ2v) is 9.66. The van der Waals surface area contributed by atoms with Crippen LogP contribution >= 0.6 is 11.6 Å². The van der Waals surface area contributed by atoms with Crippen molar-refractivity contribution < 1.29 is 17.9 Å². The highest BCUT2D eigenvalue weighted by Crippen LogP contribution is 2.30. The Morgan fingerprint density at radius 3 is 2.50 bits per heavy atom. The van der Waals surface area contributed by atoms with Crippen LogP contribution in [0.25, 0.3) is 6.08 Å². The summed E-state index contributed by atoms with van der Waals surface area (Å²) in [4.78, 5) is 14.7. The Kier molecular flexibility index (Phi) is 6.24. The number of amides is 1. The van der Waals surface area contributed by atoms with Crippen molar-refractivity contribution in [1.29, 1.82) is 0 Å². The van der Waals surface area contributed by atoms with E-state index in [1.807, 2.05) is 12.1 Å². The molecule has 6 nitrogen and oxygen atoms in total. The first-order chi connectivity index (χ1) is 14.4. The van der Waals surface area contributed by atoms with E-state index in [0.717, 1.165) is 29.7 Å². The van der Waals surface area contributed by atoms with E-state index >= 15 is 0 Å². The number of sulfonamides is 1. The molecule has 0 N–H and O–H groups in total. The number of hydrogen-bond acceptors (Lipinski definition) is 4. The Morgan fingerprint density at radius 2 is 1.77 bits per heavy atom. The van der Waals surface area contributed by atoms with Gasteiger partial charge in [-0.2, -0.15) is 4.31 Å². The molecular formula is C22H23ClN2O4S. The van der Waals surface area contributed by atoms with E-state index in [4.69, 9.17) is 16.3 Å². The average Bonchev–Trinajstić information content (AvgIpc) is 2.77. The quantitative estimate of drug-likeness (QED) is 0.675. The maximum absolute atomic E-state index is 12.7. The third-order valence-corrected chi connectivity index (χ3v) is 7.48. The summed E-state index contributed by atoms with van der Waals surface area (Å²) in [5.74, 6) is -0.108. The zero-order valence-corrected chi connectivity index (χ0v) is 18.0. The van der Waals surface area contributed by atoms with Gasteiger partial charge in [-0.15, -0.1) is 0 Å². The van der Waals surface area contributed by atoms with Crippen molar-refractivity contribution in [3.63, 3.8) is 0 Å². The van der Waals surface area contributed by atoms with Crippen LogP contribution in [0.3, 0.4) is 0 Å². The van der Waals surface area contributed by atoms with E-state index in [-0.39, 0.29) is 10.8 Å². The van der Waals surface area contributed by atoms with Gasteiger partial charge in [-0.3, -0.25) is 4.79 Å². The fraction of sp³-hybridized carbons (Fsp3) is 0.318. The maximum atomic E-state index is 12.7. The molecule has 2 aliphatic rings. The Balaban J connectivity index is 1.47. The number of fused-ring (bicyclic) bond motifs is 1. The molecule has 2 aromatic carbocycles. The van der Waals surface area contributed by atoms with Crippen molar-refractivity contribution >= 4 is 39.3 Å². The molecule has 4 rings (SSSR count). The zero-order chi connectivity index (χ0) is 21.1. The van der Waals surface area contributed by atoms with Crippen LogP contribution in [-0.4, -0.2) is 51.5 Å². The second kappa shape index (κ2) is 8.89. The molecule has 0 aliphatic carbocycles. The molecule has 2 aromatic rings. The molecule has 2 aliphatic heterocycles. The largest absolute Gasteiger partial charge is 0.379 e. The molecule has 0 radical (unpaired) electrons. The lowest BCUT2D eigenvalue weighted by Crippen LogP contribution is -2.40. The second-order valence-electron chi connectivity index (χ2n) is 7.29. The van der Waals surface area contributed by atoms with Gasteiger partial charge in [0.25, 0.3) is 5.91 Å². The van der Waals surface area contributed by atoms with Gasteiger partial charge in [0.1, 0.15) is 0 Å². The normalized spacial score (nSPS) is 17.8. The highest BCUT2D eigenvalue weighted by molar-refractivity contribution is 7.89. The predicted molar refractivity (Wildman–Crippen MR) is 117 cm³/mol. The molecule has 30 heavy (non-hydrogen) atoms. The number of rotatable bonds is 4. The third-order valence-electron chi connectivity index (χ3n) is 5.33. The average molecular weight is 447 g/mol. The molecule has 158 valence electrons. The number of morpholine rings is 1. The Bertz CT molecular complexity index is 1060. The van der Waals surface area contributed by atoms with Crippen LogP contribution in [0.4, 0.5) is 5.69 Å². The summed E-state index contributed by atoms with van der Waals surface area (Å²) >= 11 is 6.07. The summed E-state index contributed by atoms with van der Waals surface area (Å²) in [5.41, 5.74) is 2.73. The molecule has 0 bridgehead atoms. The van der Waals surface area contributed by atoms with E-state index < -0.39 is 10.0 Å². The van der Waals surface area contributed by atoms with Crippen LogP contribution < -0.4 is 4.90 Å². The summed E-state index contributed by atoms with van der Waals surface area (Å²) in [6.45, 7) is 2.21. The van der Waals surface area contributed by atoms with Crippen LogP contribution in [0.15, 0.2) is 53.4 Å². The number of ether oxygens (including phenoxy) is 1. The summed E-state index contributed by atoms with van der Waals surface area (Å²) in [7, 11) is -3.52. The van der Waals surface area contributed by atoms with Crippen molar-refractivity contribution in [3.05, 3.63) is 64.7 Å². The van der Waals surface area contributed by atoms with Crippen molar-refractivity contribution in [1.82, 2.24) is 4.31 Å². The first kappa shape index (κ1) is 21.1. The third kappa shape index (κ3) is 4.44. The fourth-order valence-corrected chi connectivity index (χ4v) is 5.34. The minimum absolute atomic E-state index is 0.108. The van der Waals surface area contributed by atoms with Crippen LogP contribution in [0, 0.1) is 0 Å². The standard InChI is InChI=1S/C22H23ClN2O4S/c23-19-6-9-21-18(16-19)2-1-11-25(21)22(26)10-5-17-3-7-20(8-4-17)30(27,28)24-12-14-29-15-13-24/h3-10,16H,1-2,11-15H2/b10-5+.